The summed E-state index contributed by atoms with van der Waals surface area (Å²) in [4.78, 5) is 23.9. The highest BCUT2D eigenvalue weighted by atomic mass is 79.9. The van der Waals surface area contributed by atoms with Crippen LogP contribution in [0.15, 0.2) is 21.1 Å². The summed E-state index contributed by atoms with van der Waals surface area (Å²) >= 11 is 6.57. The first-order valence-corrected chi connectivity index (χ1v) is 8.16. The summed E-state index contributed by atoms with van der Waals surface area (Å²) in [6, 6.07) is 3.19. The number of carboxylic acid groups (broad SMARTS) is 1. The van der Waals surface area contributed by atoms with Gasteiger partial charge < -0.3 is 15.7 Å². The van der Waals surface area contributed by atoms with Crippen LogP contribution in [0.1, 0.15) is 30.1 Å². The third-order valence-corrected chi connectivity index (χ3v) is 4.86. The Balaban J connectivity index is 2.30. The van der Waals surface area contributed by atoms with Crippen LogP contribution >= 0.6 is 31.9 Å². The van der Waals surface area contributed by atoms with E-state index in [1.807, 2.05) is 6.92 Å². The zero-order valence-electron chi connectivity index (χ0n) is 11.5. The molecule has 114 valence electrons. The number of amides is 1. The number of carboxylic acids is 1. The molecule has 1 aromatic carbocycles. The predicted octanol–water partition coefficient (Wildman–Crippen LogP) is 3.24. The second kappa shape index (κ2) is 6.46. The highest BCUT2D eigenvalue weighted by Crippen LogP contribution is 2.34. The fourth-order valence-electron chi connectivity index (χ4n) is 2.34. The minimum Gasteiger partial charge on any atom is -0.478 e. The lowest BCUT2D eigenvalue weighted by atomic mass is 9.80. The zero-order chi connectivity index (χ0) is 15.6. The smallest absolute Gasteiger partial charge is 0.337 e. The number of rotatable bonds is 3. The Labute approximate surface area is 139 Å². The SMILES string of the molecule is CC1(C(=O)Nc2c(Br)cc(Br)cc2C(=O)O)CCNCC1. The van der Waals surface area contributed by atoms with Crippen molar-refractivity contribution in [1.82, 2.24) is 5.32 Å². The molecule has 1 heterocycles. The Hall–Kier alpha value is -0.920. The number of hydrogen-bond acceptors (Lipinski definition) is 3. The van der Waals surface area contributed by atoms with E-state index >= 15 is 0 Å². The van der Waals surface area contributed by atoms with Crippen LogP contribution in [0.3, 0.4) is 0 Å². The van der Waals surface area contributed by atoms with Crippen LogP contribution in [0.5, 0.6) is 0 Å². The van der Waals surface area contributed by atoms with Gasteiger partial charge >= 0.3 is 5.97 Å². The number of carbonyl (C=O) groups is 2. The van der Waals surface area contributed by atoms with Gasteiger partial charge in [0.25, 0.3) is 0 Å². The van der Waals surface area contributed by atoms with Gasteiger partial charge in [-0.2, -0.15) is 0 Å². The molecule has 3 N–H and O–H groups in total. The van der Waals surface area contributed by atoms with Crippen LogP contribution in [-0.4, -0.2) is 30.1 Å². The van der Waals surface area contributed by atoms with Gasteiger partial charge in [-0.05, 0) is 54.0 Å². The van der Waals surface area contributed by atoms with Crippen molar-refractivity contribution in [1.29, 1.82) is 0 Å². The highest BCUT2D eigenvalue weighted by molar-refractivity contribution is 9.11. The lowest BCUT2D eigenvalue weighted by molar-refractivity contribution is -0.126. The summed E-state index contributed by atoms with van der Waals surface area (Å²) in [5.74, 6) is -1.22. The van der Waals surface area contributed by atoms with E-state index in [0.717, 1.165) is 25.9 Å². The summed E-state index contributed by atoms with van der Waals surface area (Å²) in [7, 11) is 0. The van der Waals surface area contributed by atoms with Crippen LogP contribution in [0, 0.1) is 5.41 Å². The number of anilines is 1. The van der Waals surface area contributed by atoms with Gasteiger partial charge in [0, 0.05) is 14.4 Å². The minimum atomic E-state index is -1.08. The van der Waals surface area contributed by atoms with E-state index in [1.165, 1.54) is 6.07 Å². The maximum absolute atomic E-state index is 12.5. The molecule has 0 saturated carbocycles. The van der Waals surface area contributed by atoms with E-state index in [1.54, 1.807) is 6.07 Å². The fourth-order valence-corrected chi connectivity index (χ4v) is 3.66. The van der Waals surface area contributed by atoms with Gasteiger partial charge in [-0.1, -0.05) is 22.9 Å². The van der Waals surface area contributed by atoms with Gasteiger partial charge in [-0.25, -0.2) is 4.79 Å². The lowest BCUT2D eigenvalue weighted by Crippen LogP contribution is -2.43. The first kappa shape index (κ1) is 16.5. The molecular weight excluding hydrogens is 404 g/mol. The van der Waals surface area contributed by atoms with Crippen molar-refractivity contribution >= 4 is 49.4 Å². The summed E-state index contributed by atoms with van der Waals surface area (Å²) in [6.07, 6.45) is 1.46. The van der Waals surface area contributed by atoms with Gasteiger partial charge in [-0.15, -0.1) is 0 Å². The van der Waals surface area contributed by atoms with Crippen molar-refractivity contribution in [2.24, 2.45) is 5.41 Å². The molecule has 21 heavy (non-hydrogen) atoms. The number of halogens is 2. The average molecular weight is 420 g/mol. The average Bonchev–Trinajstić information content (AvgIpc) is 2.41. The topological polar surface area (TPSA) is 78.4 Å². The molecule has 0 bridgehead atoms. The Morgan fingerprint density at radius 3 is 2.48 bits per heavy atom. The molecule has 0 unspecified atom stereocenters. The Kier molecular flexibility index (Phi) is 5.06. The van der Waals surface area contributed by atoms with Crippen molar-refractivity contribution in [2.45, 2.75) is 19.8 Å². The molecule has 1 aliphatic rings. The molecule has 5 nitrogen and oxygen atoms in total. The van der Waals surface area contributed by atoms with Gasteiger partial charge in [0.1, 0.15) is 0 Å². The second-order valence-corrected chi connectivity index (χ2v) is 7.15. The van der Waals surface area contributed by atoms with Gasteiger partial charge in [0.15, 0.2) is 0 Å². The van der Waals surface area contributed by atoms with E-state index in [4.69, 9.17) is 0 Å². The van der Waals surface area contributed by atoms with Crippen LogP contribution < -0.4 is 10.6 Å². The molecule has 0 aromatic heterocycles. The van der Waals surface area contributed by atoms with E-state index in [0.29, 0.717) is 14.6 Å². The minimum absolute atomic E-state index is 0.0575. The summed E-state index contributed by atoms with van der Waals surface area (Å²) in [5.41, 5.74) is -0.120. The molecule has 1 aromatic rings. The number of carbonyl (C=O) groups excluding carboxylic acids is 1. The van der Waals surface area contributed by atoms with Crippen molar-refractivity contribution in [3.05, 3.63) is 26.6 Å². The Morgan fingerprint density at radius 1 is 1.29 bits per heavy atom. The third-order valence-electron chi connectivity index (χ3n) is 3.78. The van der Waals surface area contributed by atoms with Gasteiger partial charge in [0.05, 0.1) is 11.3 Å². The quantitative estimate of drug-likeness (QED) is 0.702. The first-order chi connectivity index (χ1) is 9.83. The number of piperidine rings is 1. The molecule has 0 spiro atoms. The molecular formula is C14H16Br2N2O3. The maximum Gasteiger partial charge on any atom is 0.337 e. The number of aromatic carboxylic acids is 1. The van der Waals surface area contributed by atoms with Crippen LogP contribution in [0.4, 0.5) is 5.69 Å². The van der Waals surface area contributed by atoms with E-state index in [-0.39, 0.29) is 11.5 Å². The first-order valence-electron chi connectivity index (χ1n) is 6.58. The molecule has 7 heteroatoms. The largest absolute Gasteiger partial charge is 0.478 e. The molecule has 1 fully saturated rings. The molecule has 0 aliphatic carbocycles. The van der Waals surface area contributed by atoms with Crippen molar-refractivity contribution < 1.29 is 14.7 Å². The standard InChI is InChI=1S/C14H16Br2N2O3/c1-14(2-4-17-5-3-14)13(21)18-11-9(12(19)20)6-8(15)7-10(11)16/h6-7,17H,2-5H2,1H3,(H,18,21)(H,19,20). The summed E-state index contributed by atoms with van der Waals surface area (Å²) in [6.45, 7) is 3.49. The van der Waals surface area contributed by atoms with Crippen molar-refractivity contribution in [3.8, 4) is 0 Å². The monoisotopic (exact) mass is 418 g/mol. The molecule has 1 saturated heterocycles. The molecule has 1 amide bonds. The van der Waals surface area contributed by atoms with Crippen LogP contribution in [0.2, 0.25) is 0 Å². The van der Waals surface area contributed by atoms with Gasteiger partial charge in [-0.3, -0.25) is 4.79 Å². The van der Waals surface area contributed by atoms with E-state index in [9.17, 15) is 14.7 Å². The van der Waals surface area contributed by atoms with E-state index in [2.05, 4.69) is 42.5 Å². The van der Waals surface area contributed by atoms with Crippen LogP contribution in [-0.2, 0) is 4.79 Å². The predicted molar refractivity (Wildman–Crippen MR) is 87.6 cm³/mol. The van der Waals surface area contributed by atoms with Crippen molar-refractivity contribution in [3.63, 3.8) is 0 Å². The number of benzene rings is 1. The molecule has 1 aliphatic heterocycles. The normalized spacial score (nSPS) is 17.3. The number of nitrogens with one attached hydrogen (secondary N) is 2. The second-order valence-electron chi connectivity index (χ2n) is 5.38. The Bertz CT molecular complexity index is 584. The van der Waals surface area contributed by atoms with Crippen molar-refractivity contribution in [2.75, 3.05) is 18.4 Å². The lowest BCUT2D eigenvalue weighted by Gasteiger charge is -2.32. The maximum atomic E-state index is 12.5. The highest BCUT2D eigenvalue weighted by Gasteiger charge is 2.35. The summed E-state index contributed by atoms with van der Waals surface area (Å²) < 4.78 is 1.18. The van der Waals surface area contributed by atoms with Gasteiger partial charge in [0.2, 0.25) is 5.91 Å². The van der Waals surface area contributed by atoms with E-state index < -0.39 is 11.4 Å². The molecule has 0 atom stereocenters. The fraction of sp³-hybridized carbons (Fsp3) is 0.429. The zero-order valence-corrected chi connectivity index (χ0v) is 14.7. The molecule has 2 rings (SSSR count). The van der Waals surface area contributed by atoms with Crippen LogP contribution in [0.25, 0.3) is 0 Å². The number of hydrogen-bond donors (Lipinski definition) is 3. The Morgan fingerprint density at radius 2 is 1.90 bits per heavy atom. The summed E-state index contributed by atoms with van der Waals surface area (Å²) in [5, 5.41) is 15.3. The molecule has 0 radical (unpaired) electrons. The third kappa shape index (κ3) is 3.64.